The number of nitriles is 1. The fourth-order valence-electron chi connectivity index (χ4n) is 1.38. The fraction of sp³-hybridized carbons (Fsp3) is 0.364. The molecule has 16 heavy (non-hydrogen) atoms. The Morgan fingerprint density at radius 2 is 2.25 bits per heavy atom. The predicted octanol–water partition coefficient (Wildman–Crippen LogP) is 1.77. The monoisotopic (exact) mass is 223 g/mol. The third-order valence-corrected chi connectivity index (χ3v) is 2.27. The van der Waals surface area contributed by atoms with Crippen LogP contribution in [0.5, 0.6) is 5.75 Å². The number of halogens is 1. The van der Waals surface area contributed by atoms with E-state index in [0.717, 1.165) is 0 Å². The second kappa shape index (κ2) is 5.21. The molecule has 1 rings (SSSR count). The van der Waals surface area contributed by atoms with Crippen molar-refractivity contribution in [2.24, 2.45) is 0 Å². The first kappa shape index (κ1) is 12.1. The third kappa shape index (κ3) is 2.54. The maximum Gasteiger partial charge on any atom is 0.167 e. The van der Waals surface area contributed by atoms with Gasteiger partial charge < -0.3 is 15.4 Å². The molecular weight excluding hydrogens is 209 g/mol. The first-order valence-electron chi connectivity index (χ1n) is 4.81. The molecule has 0 spiro atoms. The lowest BCUT2D eigenvalue weighted by molar-refractivity contribution is 0.387. The van der Waals surface area contributed by atoms with Crippen molar-refractivity contribution >= 4 is 11.4 Å². The maximum atomic E-state index is 13.3. The minimum atomic E-state index is -0.488. The van der Waals surface area contributed by atoms with Gasteiger partial charge in [0, 0.05) is 25.7 Å². The standard InChI is InChI=1S/C11H14FN3O/c1-15(5-3-4-13)10-7-11(16-2)8(12)6-9(10)14/h6-7H,3,5,14H2,1-2H3. The molecule has 5 heteroatoms. The Kier molecular flexibility index (Phi) is 3.95. The van der Waals surface area contributed by atoms with Crippen molar-refractivity contribution in [3.63, 3.8) is 0 Å². The van der Waals surface area contributed by atoms with Crippen LogP contribution in [0.1, 0.15) is 6.42 Å². The highest BCUT2D eigenvalue weighted by molar-refractivity contribution is 5.69. The number of hydrogen-bond donors (Lipinski definition) is 1. The van der Waals surface area contributed by atoms with E-state index in [1.54, 1.807) is 11.9 Å². The third-order valence-electron chi connectivity index (χ3n) is 2.27. The summed E-state index contributed by atoms with van der Waals surface area (Å²) in [5.41, 5.74) is 6.69. The van der Waals surface area contributed by atoms with Crippen molar-refractivity contribution in [2.45, 2.75) is 6.42 Å². The molecular formula is C11H14FN3O. The van der Waals surface area contributed by atoms with Crippen molar-refractivity contribution in [3.8, 4) is 11.8 Å². The van der Waals surface area contributed by atoms with Crippen LogP contribution in [-0.4, -0.2) is 20.7 Å². The molecule has 4 nitrogen and oxygen atoms in total. The topological polar surface area (TPSA) is 62.3 Å². The molecule has 0 aliphatic carbocycles. The lowest BCUT2D eigenvalue weighted by Gasteiger charge is -2.20. The number of nitrogen functional groups attached to an aromatic ring is 1. The highest BCUT2D eigenvalue weighted by Crippen LogP contribution is 2.30. The second-order valence-electron chi connectivity index (χ2n) is 3.38. The lowest BCUT2D eigenvalue weighted by atomic mass is 10.2. The summed E-state index contributed by atoms with van der Waals surface area (Å²) in [7, 11) is 3.19. The van der Waals surface area contributed by atoms with E-state index in [1.807, 2.05) is 6.07 Å². The smallest absolute Gasteiger partial charge is 0.167 e. The van der Waals surface area contributed by atoms with Gasteiger partial charge >= 0.3 is 0 Å². The molecule has 1 aromatic carbocycles. The molecule has 0 unspecified atom stereocenters. The molecule has 0 radical (unpaired) electrons. The first-order chi connectivity index (χ1) is 7.60. The van der Waals surface area contributed by atoms with Crippen LogP contribution in [-0.2, 0) is 0 Å². The normalized spacial score (nSPS) is 9.62. The van der Waals surface area contributed by atoms with Gasteiger partial charge in [0.25, 0.3) is 0 Å². The number of hydrogen-bond acceptors (Lipinski definition) is 4. The number of anilines is 2. The maximum absolute atomic E-state index is 13.3. The van der Waals surface area contributed by atoms with Crippen LogP contribution in [0.2, 0.25) is 0 Å². The summed E-state index contributed by atoms with van der Waals surface area (Å²) in [6.45, 7) is 0.537. The van der Waals surface area contributed by atoms with Gasteiger partial charge in [0.15, 0.2) is 11.6 Å². The molecule has 0 saturated carbocycles. The zero-order chi connectivity index (χ0) is 12.1. The van der Waals surface area contributed by atoms with E-state index < -0.39 is 5.82 Å². The van der Waals surface area contributed by atoms with Gasteiger partial charge in [-0.1, -0.05) is 0 Å². The van der Waals surface area contributed by atoms with E-state index in [-0.39, 0.29) is 5.75 Å². The van der Waals surface area contributed by atoms with E-state index in [2.05, 4.69) is 0 Å². The summed E-state index contributed by atoms with van der Waals surface area (Å²) in [5, 5.41) is 8.48. The average molecular weight is 223 g/mol. The summed E-state index contributed by atoms with van der Waals surface area (Å²) in [4.78, 5) is 1.79. The van der Waals surface area contributed by atoms with Gasteiger partial charge in [0.1, 0.15) is 0 Å². The number of methoxy groups -OCH3 is 1. The minimum absolute atomic E-state index is 0.146. The molecule has 0 heterocycles. The number of benzene rings is 1. The molecule has 0 aliphatic heterocycles. The van der Waals surface area contributed by atoms with E-state index in [0.29, 0.717) is 24.3 Å². The number of ether oxygens (including phenoxy) is 1. The molecule has 0 aromatic heterocycles. The van der Waals surface area contributed by atoms with Gasteiger partial charge in [0.2, 0.25) is 0 Å². The summed E-state index contributed by atoms with van der Waals surface area (Å²) in [6.07, 6.45) is 0.385. The second-order valence-corrected chi connectivity index (χ2v) is 3.38. The summed E-state index contributed by atoms with van der Waals surface area (Å²) < 4.78 is 18.1. The van der Waals surface area contributed by atoms with Crippen LogP contribution >= 0.6 is 0 Å². The number of nitrogens with zero attached hydrogens (tertiary/aromatic N) is 2. The van der Waals surface area contributed by atoms with E-state index in [4.69, 9.17) is 15.7 Å². The first-order valence-corrected chi connectivity index (χ1v) is 4.81. The fourth-order valence-corrected chi connectivity index (χ4v) is 1.38. The Morgan fingerprint density at radius 1 is 1.56 bits per heavy atom. The van der Waals surface area contributed by atoms with Crippen LogP contribution in [0.3, 0.4) is 0 Å². The SMILES string of the molecule is COc1cc(N(C)CCC#N)c(N)cc1F. The van der Waals surface area contributed by atoms with Gasteiger partial charge in [-0.3, -0.25) is 0 Å². The van der Waals surface area contributed by atoms with Crippen LogP contribution in [0.15, 0.2) is 12.1 Å². The van der Waals surface area contributed by atoms with E-state index in [9.17, 15) is 4.39 Å². The predicted molar refractivity (Wildman–Crippen MR) is 60.9 cm³/mol. The van der Waals surface area contributed by atoms with Crippen LogP contribution < -0.4 is 15.4 Å². The van der Waals surface area contributed by atoms with Gasteiger partial charge in [0.05, 0.1) is 31.0 Å². The Bertz CT molecular complexity index is 414. The van der Waals surface area contributed by atoms with Crippen molar-refractivity contribution < 1.29 is 9.13 Å². The van der Waals surface area contributed by atoms with Crippen molar-refractivity contribution in [1.82, 2.24) is 0 Å². The molecule has 0 fully saturated rings. The summed E-state index contributed by atoms with van der Waals surface area (Å²) in [6, 6.07) is 4.79. The van der Waals surface area contributed by atoms with Crippen molar-refractivity contribution in [3.05, 3.63) is 17.9 Å². The van der Waals surface area contributed by atoms with Gasteiger partial charge in [-0.2, -0.15) is 5.26 Å². The number of rotatable bonds is 4. The Labute approximate surface area is 94.0 Å². The quantitative estimate of drug-likeness (QED) is 0.790. The Morgan fingerprint density at radius 3 is 2.81 bits per heavy atom. The molecule has 2 N–H and O–H groups in total. The molecule has 86 valence electrons. The highest BCUT2D eigenvalue weighted by atomic mass is 19.1. The Balaban J connectivity index is 2.99. The molecule has 0 bridgehead atoms. The molecule has 1 aromatic rings. The van der Waals surface area contributed by atoms with Crippen LogP contribution in [0, 0.1) is 17.1 Å². The van der Waals surface area contributed by atoms with Crippen molar-refractivity contribution in [1.29, 1.82) is 5.26 Å². The summed E-state index contributed by atoms with van der Waals surface area (Å²) >= 11 is 0. The molecule has 0 saturated heterocycles. The zero-order valence-corrected chi connectivity index (χ0v) is 9.33. The molecule has 0 aliphatic rings. The average Bonchev–Trinajstić information content (AvgIpc) is 2.26. The molecule has 0 atom stereocenters. The summed E-state index contributed by atoms with van der Waals surface area (Å²) in [5.74, 6) is -0.342. The lowest BCUT2D eigenvalue weighted by Crippen LogP contribution is -2.19. The highest BCUT2D eigenvalue weighted by Gasteiger charge is 2.11. The van der Waals surface area contributed by atoms with Crippen molar-refractivity contribution in [2.75, 3.05) is 31.3 Å². The van der Waals surface area contributed by atoms with Gasteiger partial charge in [-0.15, -0.1) is 0 Å². The van der Waals surface area contributed by atoms with Crippen LogP contribution in [0.4, 0.5) is 15.8 Å². The molecule has 0 amide bonds. The number of nitrogens with two attached hydrogens (primary N) is 1. The largest absolute Gasteiger partial charge is 0.494 e. The van der Waals surface area contributed by atoms with Gasteiger partial charge in [-0.05, 0) is 0 Å². The zero-order valence-electron chi connectivity index (χ0n) is 9.33. The van der Waals surface area contributed by atoms with E-state index in [1.165, 1.54) is 19.2 Å². The van der Waals surface area contributed by atoms with Crippen LogP contribution in [0.25, 0.3) is 0 Å². The van der Waals surface area contributed by atoms with E-state index >= 15 is 0 Å². The minimum Gasteiger partial charge on any atom is -0.494 e. The Hall–Kier alpha value is -1.96. The van der Waals surface area contributed by atoms with Gasteiger partial charge in [-0.25, -0.2) is 4.39 Å².